The van der Waals surface area contributed by atoms with E-state index in [2.05, 4.69) is 0 Å². The van der Waals surface area contributed by atoms with Gasteiger partial charge in [-0.3, -0.25) is 0 Å². The summed E-state index contributed by atoms with van der Waals surface area (Å²) in [6.07, 6.45) is 0.796. The second-order valence-corrected chi connectivity index (χ2v) is 4.46. The summed E-state index contributed by atoms with van der Waals surface area (Å²) in [6.45, 7) is 4.64. The first kappa shape index (κ1) is 11.3. The molecule has 0 heterocycles. The van der Waals surface area contributed by atoms with E-state index < -0.39 is 0 Å². The summed E-state index contributed by atoms with van der Waals surface area (Å²) in [4.78, 5) is 0. The maximum atomic E-state index is 9.73. The van der Waals surface area contributed by atoms with Crippen LogP contribution >= 0.6 is 11.6 Å². The largest absolute Gasteiger partial charge is 0.508 e. The minimum absolute atomic E-state index is 0.183. The maximum absolute atomic E-state index is 9.73. The molecule has 0 amide bonds. The molecule has 0 aliphatic heterocycles. The summed E-state index contributed by atoms with van der Waals surface area (Å²) in [5.74, 6) is 0.246. The fourth-order valence-electron chi connectivity index (χ4n) is 1.67. The number of phenols is 1. The molecule has 0 spiro atoms. The highest BCUT2D eigenvalue weighted by molar-refractivity contribution is 6.31. The summed E-state index contributed by atoms with van der Waals surface area (Å²) >= 11 is 6.05. The third kappa shape index (κ3) is 2.20. The number of hydrogen-bond acceptors (Lipinski definition) is 2. The first-order valence-electron chi connectivity index (χ1n) is 4.67. The van der Waals surface area contributed by atoms with E-state index in [9.17, 15) is 5.11 Å². The van der Waals surface area contributed by atoms with Crippen LogP contribution in [0.1, 0.15) is 25.8 Å². The van der Waals surface area contributed by atoms with Crippen LogP contribution in [0.3, 0.4) is 0 Å². The SMILES string of the molecule is CC(C)(CCN)c1c(O)cccc1Cl. The van der Waals surface area contributed by atoms with Crippen molar-refractivity contribution >= 4 is 11.6 Å². The average Bonchev–Trinajstić information content (AvgIpc) is 2.02. The van der Waals surface area contributed by atoms with Gasteiger partial charge in [0.1, 0.15) is 5.75 Å². The molecule has 3 N–H and O–H groups in total. The molecular weight excluding hydrogens is 198 g/mol. The fraction of sp³-hybridized carbons (Fsp3) is 0.455. The van der Waals surface area contributed by atoms with Crippen LogP contribution in [0.2, 0.25) is 5.02 Å². The Hall–Kier alpha value is -0.730. The van der Waals surface area contributed by atoms with Crippen molar-refractivity contribution in [1.29, 1.82) is 0 Å². The van der Waals surface area contributed by atoms with E-state index in [1.54, 1.807) is 18.2 Å². The van der Waals surface area contributed by atoms with Gasteiger partial charge in [0.25, 0.3) is 0 Å². The Morgan fingerprint density at radius 2 is 2.07 bits per heavy atom. The van der Waals surface area contributed by atoms with E-state index in [0.29, 0.717) is 11.6 Å². The van der Waals surface area contributed by atoms with E-state index >= 15 is 0 Å². The number of halogens is 1. The molecule has 1 rings (SSSR count). The van der Waals surface area contributed by atoms with Crippen molar-refractivity contribution in [3.05, 3.63) is 28.8 Å². The topological polar surface area (TPSA) is 46.2 Å². The normalized spacial score (nSPS) is 11.7. The summed E-state index contributed by atoms with van der Waals surface area (Å²) in [7, 11) is 0. The molecule has 0 radical (unpaired) electrons. The predicted octanol–water partition coefficient (Wildman–Crippen LogP) is 2.67. The van der Waals surface area contributed by atoms with Crippen LogP contribution in [0.15, 0.2) is 18.2 Å². The van der Waals surface area contributed by atoms with Gasteiger partial charge >= 0.3 is 0 Å². The summed E-state index contributed by atoms with van der Waals surface area (Å²) in [6, 6.07) is 5.17. The lowest BCUT2D eigenvalue weighted by atomic mass is 9.81. The molecule has 1 aromatic carbocycles. The van der Waals surface area contributed by atoms with Crippen molar-refractivity contribution < 1.29 is 5.11 Å². The standard InChI is InChI=1S/C11H16ClNO/c1-11(2,6-7-13)10-8(12)4-3-5-9(10)14/h3-5,14H,6-7,13H2,1-2H3. The highest BCUT2D eigenvalue weighted by Crippen LogP contribution is 2.38. The highest BCUT2D eigenvalue weighted by Gasteiger charge is 2.25. The van der Waals surface area contributed by atoms with Gasteiger partial charge < -0.3 is 10.8 Å². The second-order valence-electron chi connectivity index (χ2n) is 4.06. The zero-order chi connectivity index (χ0) is 10.8. The van der Waals surface area contributed by atoms with Gasteiger partial charge in [0.2, 0.25) is 0 Å². The molecule has 78 valence electrons. The summed E-state index contributed by atoms with van der Waals surface area (Å²) in [5.41, 5.74) is 6.13. The van der Waals surface area contributed by atoms with Crippen LogP contribution in [0.25, 0.3) is 0 Å². The molecule has 0 bridgehead atoms. The zero-order valence-corrected chi connectivity index (χ0v) is 9.30. The van der Waals surface area contributed by atoms with Crippen LogP contribution in [-0.2, 0) is 5.41 Å². The van der Waals surface area contributed by atoms with Gasteiger partial charge in [0.05, 0.1) is 0 Å². The van der Waals surface area contributed by atoms with Crippen molar-refractivity contribution in [2.24, 2.45) is 5.73 Å². The molecule has 3 heteroatoms. The van der Waals surface area contributed by atoms with Gasteiger partial charge in [0, 0.05) is 10.6 Å². The molecule has 0 aliphatic rings. The minimum Gasteiger partial charge on any atom is -0.508 e. The lowest BCUT2D eigenvalue weighted by molar-refractivity contribution is 0.423. The number of hydrogen-bond donors (Lipinski definition) is 2. The molecule has 0 unspecified atom stereocenters. The third-order valence-electron chi connectivity index (χ3n) is 2.44. The Labute approximate surface area is 89.7 Å². The van der Waals surface area contributed by atoms with Gasteiger partial charge in [-0.05, 0) is 30.5 Å². The van der Waals surface area contributed by atoms with Crippen molar-refractivity contribution in [1.82, 2.24) is 0 Å². The van der Waals surface area contributed by atoms with Gasteiger partial charge in [-0.25, -0.2) is 0 Å². The fourth-order valence-corrected chi connectivity index (χ4v) is 2.09. The molecule has 0 saturated heterocycles. The Morgan fingerprint density at radius 3 is 2.57 bits per heavy atom. The number of nitrogens with two attached hydrogens (primary N) is 1. The zero-order valence-electron chi connectivity index (χ0n) is 8.55. The first-order valence-corrected chi connectivity index (χ1v) is 5.05. The van der Waals surface area contributed by atoms with E-state index in [4.69, 9.17) is 17.3 Å². The highest BCUT2D eigenvalue weighted by atomic mass is 35.5. The van der Waals surface area contributed by atoms with Gasteiger partial charge in [-0.2, -0.15) is 0 Å². The number of aromatic hydroxyl groups is 1. The molecule has 0 atom stereocenters. The Balaban J connectivity index is 3.17. The van der Waals surface area contributed by atoms with Crippen molar-refractivity contribution in [2.75, 3.05) is 6.54 Å². The Kier molecular flexibility index (Phi) is 3.40. The smallest absolute Gasteiger partial charge is 0.120 e. The average molecular weight is 214 g/mol. The van der Waals surface area contributed by atoms with Crippen molar-refractivity contribution in [3.8, 4) is 5.75 Å². The van der Waals surface area contributed by atoms with Crippen molar-refractivity contribution in [2.45, 2.75) is 25.7 Å². The lowest BCUT2D eigenvalue weighted by Gasteiger charge is -2.26. The summed E-state index contributed by atoms with van der Waals surface area (Å²) in [5, 5.41) is 10.3. The Bertz CT molecular complexity index is 303. The van der Waals surface area contributed by atoms with Crippen LogP contribution in [0.4, 0.5) is 0 Å². The minimum atomic E-state index is -0.183. The molecule has 14 heavy (non-hydrogen) atoms. The summed E-state index contributed by atoms with van der Waals surface area (Å²) < 4.78 is 0. The third-order valence-corrected chi connectivity index (χ3v) is 2.75. The molecule has 0 fully saturated rings. The lowest BCUT2D eigenvalue weighted by Crippen LogP contribution is -2.22. The number of rotatable bonds is 3. The second kappa shape index (κ2) is 4.20. The van der Waals surface area contributed by atoms with Crippen LogP contribution in [-0.4, -0.2) is 11.7 Å². The van der Waals surface area contributed by atoms with E-state index in [1.807, 2.05) is 13.8 Å². The number of benzene rings is 1. The van der Waals surface area contributed by atoms with Gasteiger partial charge in [-0.1, -0.05) is 31.5 Å². The molecule has 0 aromatic heterocycles. The van der Waals surface area contributed by atoms with Crippen molar-refractivity contribution in [3.63, 3.8) is 0 Å². The molecule has 1 aromatic rings. The predicted molar refractivity (Wildman–Crippen MR) is 59.8 cm³/mol. The van der Waals surface area contributed by atoms with Crippen LogP contribution in [0.5, 0.6) is 5.75 Å². The van der Waals surface area contributed by atoms with Crippen LogP contribution < -0.4 is 5.73 Å². The molecular formula is C11H16ClNO. The quantitative estimate of drug-likeness (QED) is 0.811. The number of phenolic OH excluding ortho intramolecular Hbond substituents is 1. The van der Waals surface area contributed by atoms with Gasteiger partial charge in [0.15, 0.2) is 0 Å². The first-order chi connectivity index (χ1) is 6.49. The molecule has 0 saturated carbocycles. The van der Waals surface area contributed by atoms with Crippen LogP contribution in [0, 0.1) is 0 Å². The van der Waals surface area contributed by atoms with E-state index in [1.165, 1.54) is 0 Å². The monoisotopic (exact) mass is 213 g/mol. The maximum Gasteiger partial charge on any atom is 0.120 e. The molecule has 0 aliphatic carbocycles. The molecule has 2 nitrogen and oxygen atoms in total. The van der Waals surface area contributed by atoms with Gasteiger partial charge in [-0.15, -0.1) is 0 Å². The van der Waals surface area contributed by atoms with E-state index in [-0.39, 0.29) is 11.2 Å². The Morgan fingerprint density at radius 1 is 1.43 bits per heavy atom. The van der Waals surface area contributed by atoms with E-state index in [0.717, 1.165) is 12.0 Å².